The number of thiazole rings is 1. The number of benzene rings is 1. The number of sulfonamides is 1. The lowest BCUT2D eigenvalue weighted by molar-refractivity contribution is -0.194. The topological polar surface area (TPSA) is 96.4 Å². The third kappa shape index (κ3) is 2.27. The normalized spacial score (nSPS) is 28.0. The Morgan fingerprint density at radius 2 is 1.88 bits per heavy atom. The van der Waals surface area contributed by atoms with Crippen molar-refractivity contribution in [2.45, 2.75) is 29.0 Å². The number of carboxylic acid groups (broad SMARTS) is 1. The van der Waals surface area contributed by atoms with E-state index in [-0.39, 0.29) is 10.0 Å². The molecule has 0 unspecified atom stereocenters. The van der Waals surface area contributed by atoms with E-state index in [2.05, 4.69) is 9.71 Å². The monoisotopic (exact) mass is 368 g/mol. The largest absolute Gasteiger partial charge is 0.481 e. The summed E-state index contributed by atoms with van der Waals surface area (Å²) in [6.45, 7) is 0. The zero-order valence-electron chi connectivity index (χ0n) is 12.3. The predicted octanol–water partition coefficient (Wildman–Crippen LogP) is 2.23. The summed E-state index contributed by atoms with van der Waals surface area (Å²) in [6.07, 6.45) is 2.26. The Morgan fingerprint density at radius 3 is 2.46 bits per heavy atom. The van der Waals surface area contributed by atoms with Crippen molar-refractivity contribution in [2.24, 2.45) is 5.41 Å². The number of aliphatic carboxylic acids is 1. The summed E-state index contributed by atoms with van der Waals surface area (Å²) in [6, 6.07) is 5.65. The summed E-state index contributed by atoms with van der Waals surface area (Å²) in [5, 5.41) is 9.58. The highest BCUT2D eigenvalue weighted by molar-refractivity contribution is 7.91. The summed E-state index contributed by atoms with van der Waals surface area (Å²) in [5.74, 6) is -1.24. The summed E-state index contributed by atoms with van der Waals surface area (Å²) < 4.78 is 40.6. The van der Waals surface area contributed by atoms with Gasteiger partial charge in [0.2, 0.25) is 0 Å². The van der Waals surface area contributed by atoms with Crippen molar-refractivity contribution >= 4 is 27.3 Å². The Kier molecular flexibility index (Phi) is 3.16. The molecule has 3 fully saturated rings. The average molecular weight is 368 g/mol. The molecular formula is C15H13FN2O4S2. The van der Waals surface area contributed by atoms with E-state index in [0.717, 1.165) is 11.3 Å². The number of carboxylic acids is 1. The minimum absolute atomic E-state index is 0.0657. The first-order chi connectivity index (χ1) is 11.2. The Labute approximate surface area is 141 Å². The van der Waals surface area contributed by atoms with Crippen molar-refractivity contribution in [3.63, 3.8) is 0 Å². The van der Waals surface area contributed by atoms with Crippen LogP contribution in [0.4, 0.5) is 4.39 Å². The predicted molar refractivity (Wildman–Crippen MR) is 84.5 cm³/mol. The van der Waals surface area contributed by atoms with Crippen molar-refractivity contribution in [1.82, 2.24) is 9.71 Å². The van der Waals surface area contributed by atoms with Gasteiger partial charge in [-0.15, -0.1) is 11.3 Å². The Morgan fingerprint density at radius 1 is 1.25 bits per heavy atom. The molecule has 0 radical (unpaired) electrons. The number of aromatic nitrogens is 1. The molecule has 1 heterocycles. The van der Waals surface area contributed by atoms with Gasteiger partial charge in [-0.05, 0) is 43.5 Å². The Bertz CT molecular complexity index is 917. The molecular weight excluding hydrogens is 355 g/mol. The van der Waals surface area contributed by atoms with E-state index in [1.807, 2.05) is 0 Å². The fourth-order valence-corrected chi connectivity index (χ4v) is 6.10. The quantitative estimate of drug-likeness (QED) is 0.844. The molecule has 3 aliphatic carbocycles. The van der Waals surface area contributed by atoms with Crippen LogP contribution in [-0.2, 0) is 14.8 Å². The molecule has 5 rings (SSSR count). The van der Waals surface area contributed by atoms with Crippen LogP contribution >= 0.6 is 11.3 Å². The van der Waals surface area contributed by atoms with Crippen molar-refractivity contribution in [2.75, 3.05) is 0 Å². The minimum atomic E-state index is -3.75. The highest BCUT2D eigenvalue weighted by Crippen LogP contribution is 2.67. The maximum absolute atomic E-state index is 13.0. The molecule has 0 spiro atoms. The van der Waals surface area contributed by atoms with Gasteiger partial charge in [0, 0.05) is 11.1 Å². The molecule has 0 aliphatic heterocycles. The van der Waals surface area contributed by atoms with Gasteiger partial charge in [-0.25, -0.2) is 22.5 Å². The van der Waals surface area contributed by atoms with Crippen LogP contribution in [0.2, 0.25) is 0 Å². The molecule has 9 heteroatoms. The van der Waals surface area contributed by atoms with Crippen molar-refractivity contribution in [3.8, 4) is 10.6 Å². The van der Waals surface area contributed by atoms with Gasteiger partial charge in [-0.1, -0.05) is 0 Å². The lowest BCUT2D eigenvalue weighted by Gasteiger charge is -2.67. The second kappa shape index (κ2) is 4.84. The molecule has 24 heavy (non-hydrogen) atoms. The zero-order valence-corrected chi connectivity index (χ0v) is 14.0. The minimum Gasteiger partial charge on any atom is -0.481 e. The molecule has 2 aromatic rings. The van der Waals surface area contributed by atoms with Crippen LogP contribution in [-0.4, -0.2) is 30.0 Å². The van der Waals surface area contributed by atoms with E-state index < -0.39 is 26.9 Å². The number of hydrogen-bond acceptors (Lipinski definition) is 5. The SMILES string of the molecule is O=C(O)C12CC(NS(=O)(=O)c3cnc(-c4ccc(F)cc4)s3)(C1)C2. The third-order valence-corrected chi connectivity index (χ3v) is 7.76. The summed E-state index contributed by atoms with van der Waals surface area (Å²) >= 11 is 0.996. The van der Waals surface area contributed by atoms with Crippen LogP contribution < -0.4 is 4.72 Å². The van der Waals surface area contributed by atoms with Gasteiger partial charge < -0.3 is 5.11 Å². The van der Waals surface area contributed by atoms with Gasteiger partial charge in [-0.2, -0.15) is 0 Å². The van der Waals surface area contributed by atoms with E-state index in [1.54, 1.807) is 0 Å². The molecule has 6 nitrogen and oxygen atoms in total. The van der Waals surface area contributed by atoms with Gasteiger partial charge in [0.1, 0.15) is 10.8 Å². The lowest BCUT2D eigenvalue weighted by Crippen LogP contribution is -2.76. The van der Waals surface area contributed by atoms with E-state index in [9.17, 15) is 17.6 Å². The lowest BCUT2D eigenvalue weighted by atomic mass is 9.40. The number of hydrogen-bond donors (Lipinski definition) is 2. The van der Waals surface area contributed by atoms with Crippen LogP contribution in [0.3, 0.4) is 0 Å². The molecule has 0 amide bonds. The van der Waals surface area contributed by atoms with Crippen LogP contribution in [0, 0.1) is 11.2 Å². The molecule has 1 aromatic heterocycles. The molecule has 1 aromatic carbocycles. The molecule has 3 saturated carbocycles. The molecule has 0 atom stereocenters. The van der Waals surface area contributed by atoms with E-state index >= 15 is 0 Å². The van der Waals surface area contributed by atoms with Crippen LogP contribution in [0.25, 0.3) is 10.6 Å². The molecule has 0 saturated heterocycles. The molecule has 2 N–H and O–H groups in total. The van der Waals surface area contributed by atoms with Gasteiger partial charge in [-0.3, -0.25) is 4.79 Å². The zero-order chi connectivity index (χ0) is 17.2. The summed E-state index contributed by atoms with van der Waals surface area (Å²) in [4.78, 5) is 15.2. The average Bonchev–Trinajstić information content (AvgIpc) is 2.92. The highest BCUT2D eigenvalue weighted by atomic mass is 32.2. The smallest absolute Gasteiger partial charge is 0.309 e. The first-order valence-electron chi connectivity index (χ1n) is 7.23. The van der Waals surface area contributed by atoms with Gasteiger partial charge in [0.25, 0.3) is 10.0 Å². The number of carbonyl (C=O) groups is 1. The van der Waals surface area contributed by atoms with Crippen LogP contribution in [0.1, 0.15) is 19.3 Å². The van der Waals surface area contributed by atoms with Crippen molar-refractivity contribution < 1.29 is 22.7 Å². The Balaban J connectivity index is 1.52. The second-order valence-corrected chi connectivity index (χ2v) is 9.43. The van der Waals surface area contributed by atoms with Gasteiger partial charge in [0.05, 0.1) is 11.6 Å². The molecule has 126 valence electrons. The number of halogens is 1. The molecule has 2 bridgehead atoms. The number of nitrogens with zero attached hydrogens (tertiary/aromatic N) is 1. The maximum atomic E-state index is 13.0. The first kappa shape index (κ1) is 15.7. The van der Waals surface area contributed by atoms with Crippen molar-refractivity contribution in [3.05, 3.63) is 36.3 Å². The molecule has 3 aliphatic rings. The fourth-order valence-electron chi connectivity index (χ4n) is 3.57. The van der Waals surface area contributed by atoms with Crippen molar-refractivity contribution in [1.29, 1.82) is 0 Å². The summed E-state index contributed by atoms with van der Waals surface area (Å²) in [5.41, 5.74) is -0.731. The fraction of sp³-hybridized carbons (Fsp3) is 0.333. The first-order valence-corrected chi connectivity index (χ1v) is 9.53. The number of rotatable bonds is 5. The third-order valence-electron chi connectivity index (χ3n) is 4.68. The summed E-state index contributed by atoms with van der Waals surface area (Å²) in [7, 11) is -3.75. The number of nitrogens with one attached hydrogen (secondary N) is 1. The van der Waals surface area contributed by atoms with Gasteiger partial charge in [0.15, 0.2) is 4.21 Å². The van der Waals surface area contributed by atoms with E-state index in [4.69, 9.17) is 5.11 Å². The Hall–Kier alpha value is -1.84. The highest BCUT2D eigenvalue weighted by Gasteiger charge is 2.73. The van der Waals surface area contributed by atoms with Crippen LogP contribution in [0.5, 0.6) is 0 Å². The van der Waals surface area contributed by atoms with Gasteiger partial charge >= 0.3 is 5.97 Å². The van der Waals surface area contributed by atoms with Crippen LogP contribution in [0.15, 0.2) is 34.7 Å². The second-order valence-electron chi connectivity index (χ2n) is 6.49. The standard InChI is InChI=1S/C15H13FN2O4S2/c16-10-3-1-9(2-4-10)12-17-5-11(23-12)24(21,22)18-15-6-14(7-15,8-15)13(19)20/h1-5,18H,6-8H2,(H,19,20). The van der Waals surface area contributed by atoms with E-state index in [0.29, 0.717) is 29.8 Å². The van der Waals surface area contributed by atoms with E-state index in [1.165, 1.54) is 30.5 Å². The maximum Gasteiger partial charge on any atom is 0.309 e.